The highest BCUT2D eigenvalue weighted by Gasteiger charge is 2.36. The molecule has 1 fully saturated rings. The number of methoxy groups -OCH3 is 1. The smallest absolute Gasteiger partial charge is 0.191 e. The van der Waals surface area contributed by atoms with Crippen molar-refractivity contribution in [2.75, 3.05) is 33.9 Å². The van der Waals surface area contributed by atoms with Gasteiger partial charge in [0.2, 0.25) is 0 Å². The molecule has 1 aliphatic carbocycles. The number of guanidine groups is 1. The van der Waals surface area contributed by atoms with Crippen LogP contribution >= 0.6 is 24.0 Å². The fourth-order valence-corrected chi connectivity index (χ4v) is 3.64. The minimum atomic E-state index is 0. The number of hydrogen-bond donors (Lipinski definition) is 2. The van der Waals surface area contributed by atoms with Crippen LogP contribution in [0, 0.1) is 12.3 Å². The molecular formula is C20H32IN5O. The zero-order chi connectivity index (χ0) is 18.4. The summed E-state index contributed by atoms with van der Waals surface area (Å²) in [5.74, 6) is 0.869. The molecule has 0 bridgehead atoms. The lowest BCUT2D eigenvalue weighted by Gasteiger charge is -2.42. The van der Waals surface area contributed by atoms with E-state index in [1.165, 1.54) is 24.8 Å². The second-order valence-electron chi connectivity index (χ2n) is 7.35. The SMILES string of the molecule is CN=C(NCCc1cn2cccc(C)c2n1)NCC1(CCOC)CCC1.I. The summed E-state index contributed by atoms with van der Waals surface area (Å²) in [6.45, 7) is 4.70. The Morgan fingerprint density at radius 2 is 2.19 bits per heavy atom. The number of ether oxygens (including phenoxy) is 1. The molecule has 0 aliphatic heterocycles. The summed E-state index contributed by atoms with van der Waals surface area (Å²) in [4.78, 5) is 9.08. The third kappa shape index (κ3) is 5.57. The Bertz CT molecular complexity index is 754. The summed E-state index contributed by atoms with van der Waals surface area (Å²) in [7, 11) is 3.60. The molecule has 2 aromatic heterocycles. The van der Waals surface area contributed by atoms with Crippen LogP contribution in [0.5, 0.6) is 0 Å². The van der Waals surface area contributed by atoms with Gasteiger partial charge in [-0.1, -0.05) is 12.5 Å². The van der Waals surface area contributed by atoms with Crippen LogP contribution in [0.4, 0.5) is 0 Å². The van der Waals surface area contributed by atoms with Crippen LogP contribution < -0.4 is 10.6 Å². The zero-order valence-electron chi connectivity index (χ0n) is 16.6. The van der Waals surface area contributed by atoms with Gasteiger partial charge >= 0.3 is 0 Å². The number of fused-ring (bicyclic) bond motifs is 1. The van der Waals surface area contributed by atoms with Crippen molar-refractivity contribution < 1.29 is 4.74 Å². The Balaban J connectivity index is 0.00000261. The molecule has 0 atom stereocenters. The molecule has 2 N–H and O–H groups in total. The predicted molar refractivity (Wildman–Crippen MR) is 121 cm³/mol. The van der Waals surface area contributed by atoms with E-state index in [0.29, 0.717) is 5.41 Å². The third-order valence-corrected chi connectivity index (χ3v) is 5.51. The molecule has 2 aromatic rings. The van der Waals surface area contributed by atoms with E-state index in [2.05, 4.69) is 45.3 Å². The van der Waals surface area contributed by atoms with Gasteiger partial charge in [-0.2, -0.15) is 0 Å². The quantitative estimate of drug-likeness (QED) is 0.343. The van der Waals surface area contributed by atoms with Crippen LogP contribution in [-0.2, 0) is 11.2 Å². The summed E-state index contributed by atoms with van der Waals surface area (Å²) in [6.07, 6.45) is 10.0. The third-order valence-electron chi connectivity index (χ3n) is 5.51. The molecule has 1 aliphatic rings. The second kappa shape index (κ2) is 10.3. The van der Waals surface area contributed by atoms with Crippen LogP contribution in [0.1, 0.15) is 36.9 Å². The van der Waals surface area contributed by atoms with Crippen molar-refractivity contribution in [1.29, 1.82) is 0 Å². The number of imidazole rings is 1. The van der Waals surface area contributed by atoms with E-state index in [0.717, 1.165) is 49.8 Å². The number of nitrogens with one attached hydrogen (secondary N) is 2. The highest BCUT2D eigenvalue weighted by molar-refractivity contribution is 14.0. The van der Waals surface area contributed by atoms with E-state index in [-0.39, 0.29) is 24.0 Å². The number of pyridine rings is 1. The monoisotopic (exact) mass is 485 g/mol. The normalized spacial score (nSPS) is 15.9. The first-order valence-electron chi connectivity index (χ1n) is 9.52. The molecule has 0 unspecified atom stereocenters. The number of aromatic nitrogens is 2. The topological polar surface area (TPSA) is 63.0 Å². The molecule has 0 aromatic carbocycles. The predicted octanol–water partition coefficient (Wildman–Crippen LogP) is 3.18. The largest absolute Gasteiger partial charge is 0.385 e. The Labute approximate surface area is 179 Å². The van der Waals surface area contributed by atoms with Gasteiger partial charge in [-0.3, -0.25) is 4.99 Å². The Morgan fingerprint density at radius 3 is 2.81 bits per heavy atom. The number of aryl methyl sites for hydroxylation is 1. The van der Waals surface area contributed by atoms with E-state index in [1.807, 2.05) is 13.2 Å². The number of aliphatic imine (C=N–C) groups is 1. The molecule has 0 amide bonds. The lowest BCUT2D eigenvalue weighted by atomic mass is 9.67. The van der Waals surface area contributed by atoms with Gasteiger partial charge in [-0.15, -0.1) is 24.0 Å². The number of halogens is 1. The summed E-state index contributed by atoms with van der Waals surface area (Å²) < 4.78 is 7.36. The average molecular weight is 485 g/mol. The minimum absolute atomic E-state index is 0. The fourth-order valence-electron chi connectivity index (χ4n) is 3.64. The highest BCUT2D eigenvalue weighted by atomic mass is 127. The molecule has 7 heteroatoms. The maximum Gasteiger partial charge on any atom is 0.191 e. The highest BCUT2D eigenvalue weighted by Crippen LogP contribution is 2.43. The number of rotatable bonds is 8. The van der Waals surface area contributed by atoms with Crippen LogP contribution in [0.2, 0.25) is 0 Å². The van der Waals surface area contributed by atoms with E-state index >= 15 is 0 Å². The molecule has 2 heterocycles. The van der Waals surface area contributed by atoms with E-state index in [4.69, 9.17) is 9.72 Å². The van der Waals surface area contributed by atoms with Crippen molar-refractivity contribution in [3.63, 3.8) is 0 Å². The maximum absolute atomic E-state index is 5.27. The van der Waals surface area contributed by atoms with Crippen molar-refractivity contribution >= 4 is 35.6 Å². The molecule has 6 nitrogen and oxygen atoms in total. The summed E-state index contributed by atoms with van der Waals surface area (Å²) >= 11 is 0. The second-order valence-corrected chi connectivity index (χ2v) is 7.35. The van der Waals surface area contributed by atoms with Gasteiger partial charge < -0.3 is 19.8 Å². The van der Waals surface area contributed by atoms with Gasteiger partial charge in [-0.25, -0.2) is 4.98 Å². The fraction of sp³-hybridized carbons (Fsp3) is 0.600. The summed E-state index contributed by atoms with van der Waals surface area (Å²) in [5, 5.41) is 6.91. The molecule has 1 saturated carbocycles. The molecule has 3 rings (SSSR count). The summed E-state index contributed by atoms with van der Waals surface area (Å²) in [6, 6.07) is 4.15. The van der Waals surface area contributed by atoms with Gasteiger partial charge in [0.15, 0.2) is 5.96 Å². The maximum atomic E-state index is 5.27. The van der Waals surface area contributed by atoms with E-state index in [1.54, 1.807) is 7.11 Å². The van der Waals surface area contributed by atoms with Gasteiger partial charge in [0.25, 0.3) is 0 Å². The molecule has 0 saturated heterocycles. The van der Waals surface area contributed by atoms with E-state index in [9.17, 15) is 0 Å². The van der Waals surface area contributed by atoms with Crippen molar-refractivity contribution in [1.82, 2.24) is 20.0 Å². The van der Waals surface area contributed by atoms with Crippen molar-refractivity contribution in [2.24, 2.45) is 10.4 Å². The van der Waals surface area contributed by atoms with Crippen LogP contribution in [0.15, 0.2) is 29.5 Å². The van der Waals surface area contributed by atoms with E-state index < -0.39 is 0 Å². The van der Waals surface area contributed by atoms with Gasteiger partial charge in [0.05, 0.1) is 5.69 Å². The molecular weight excluding hydrogens is 453 g/mol. The lowest BCUT2D eigenvalue weighted by molar-refractivity contribution is 0.0732. The molecule has 27 heavy (non-hydrogen) atoms. The first-order valence-corrected chi connectivity index (χ1v) is 9.52. The van der Waals surface area contributed by atoms with Crippen LogP contribution in [0.3, 0.4) is 0 Å². The van der Waals surface area contributed by atoms with Crippen molar-refractivity contribution in [3.8, 4) is 0 Å². The number of nitrogens with zero attached hydrogens (tertiary/aromatic N) is 3. The molecule has 0 radical (unpaired) electrons. The Kier molecular flexibility index (Phi) is 8.34. The average Bonchev–Trinajstić information content (AvgIpc) is 3.03. The minimum Gasteiger partial charge on any atom is -0.385 e. The molecule has 150 valence electrons. The first kappa shape index (κ1) is 21.9. The first-order chi connectivity index (χ1) is 12.7. The van der Waals surface area contributed by atoms with Crippen LogP contribution in [-0.4, -0.2) is 49.2 Å². The molecule has 0 spiro atoms. The zero-order valence-corrected chi connectivity index (χ0v) is 19.0. The Morgan fingerprint density at radius 1 is 1.37 bits per heavy atom. The summed E-state index contributed by atoms with van der Waals surface area (Å²) in [5.41, 5.74) is 3.71. The van der Waals surface area contributed by atoms with Crippen LogP contribution in [0.25, 0.3) is 5.65 Å². The van der Waals surface area contributed by atoms with Gasteiger partial charge in [0.1, 0.15) is 5.65 Å². The number of hydrogen-bond acceptors (Lipinski definition) is 3. The lowest BCUT2D eigenvalue weighted by Crippen LogP contribution is -2.47. The van der Waals surface area contributed by atoms with Gasteiger partial charge in [-0.05, 0) is 43.2 Å². The standard InChI is InChI=1S/C20H31N5O.HI/c1-16-6-4-12-25-14-17(24-18(16)25)7-11-22-19(21-2)23-15-20(8-5-9-20)10-13-26-3;/h4,6,12,14H,5,7-11,13,15H2,1-3H3,(H2,21,22,23);1H. The van der Waals surface area contributed by atoms with Gasteiger partial charge in [0, 0.05) is 52.7 Å². The Hall–Kier alpha value is -1.35. The van der Waals surface area contributed by atoms with Crippen molar-refractivity contribution in [2.45, 2.75) is 39.0 Å². The van der Waals surface area contributed by atoms with Crippen molar-refractivity contribution in [3.05, 3.63) is 35.8 Å².